The fraction of sp³-hybridized carbons (Fsp3) is 0.667. The number of hydrogen-bond acceptors (Lipinski definition) is 1. The van der Waals surface area contributed by atoms with Crippen LogP contribution in [0.15, 0.2) is 24.3 Å². The van der Waals surface area contributed by atoms with E-state index in [2.05, 4.69) is 76.9 Å². The van der Waals surface area contributed by atoms with E-state index in [-0.39, 0.29) is 5.54 Å². The lowest BCUT2D eigenvalue weighted by Crippen LogP contribution is -2.41. The topological polar surface area (TPSA) is 12.0 Å². The van der Waals surface area contributed by atoms with E-state index in [1.807, 2.05) is 0 Å². The van der Waals surface area contributed by atoms with Crippen LogP contribution in [0.25, 0.3) is 0 Å². The third-order valence-electron chi connectivity index (χ3n) is 3.43. The first-order valence-corrected chi connectivity index (χ1v) is 11.6. The normalized spacial score (nSPS) is 14.3. The van der Waals surface area contributed by atoms with Gasteiger partial charge in [0.15, 0.2) is 0 Å². The molecule has 0 fully saturated rings. The zero-order valence-electron chi connectivity index (χ0n) is 14.5. The third kappa shape index (κ3) is 7.86. The average Bonchev–Trinajstić information content (AvgIpc) is 2.23. The maximum atomic E-state index is 3.70. The van der Waals surface area contributed by atoms with E-state index in [1.54, 1.807) is 0 Å². The summed E-state index contributed by atoms with van der Waals surface area (Å²) >= 11 is 0. The lowest BCUT2D eigenvalue weighted by atomic mass is 9.98. The Labute approximate surface area is 127 Å². The van der Waals surface area contributed by atoms with Crippen molar-refractivity contribution in [3.63, 3.8) is 0 Å². The highest BCUT2D eigenvalue weighted by Crippen LogP contribution is 2.21. The summed E-state index contributed by atoms with van der Waals surface area (Å²) in [6.45, 7) is 17.5. The molecule has 0 saturated heterocycles. The Morgan fingerprint density at radius 3 is 2.30 bits per heavy atom. The van der Waals surface area contributed by atoms with Gasteiger partial charge in [-0.1, -0.05) is 55.5 Å². The summed E-state index contributed by atoms with van der Waals surface area (Å²) in [5.74, 6) is 0.752. The molecule has 0 bridgehead atoms. The fourth-order valence-corrected chi connectivity index (χ4v) is 4.73. The van der Waals surface area contributed by atoms with Gasteiger partial charge in [-0.2, -0.15) is 0 Å². The number of benzene rings is 1. The second kappa shape index (κ2) is 6.90. The lowest BCUT2D eigenvalue weighted by Gasteiger charge is -2.29. The van der Waals surface area contributed by atoms with Gasteiger partial charge in [-0.05, 0) is 52.1 Å². The molecule has 20 heavy (non-hydrogen) atoms. The predicted octanol–water partition coefficient (Wildman–Crippen LogP) is 4.88. The van der Waals surface area contributed by atoms with Gasteiger partial charge in [0, 0.05) is 13.6 Å². The van der Waals surface area contributed by atoms with E-state index in [0.717, 1.165) is 12.5 Å². The van der Waals surface area contributed by atoms with Crippen LogP contribution in [0.5, 0.6) is 0 Å². The minimum Gasteiger partial charge on any atom is -0.312 e. The van der Waals surface area contributed by atoms with E-state index in [4.69, 9.17) is 0 Å². The van der Waals surface area contributed by atoms with E-state index >= 15 is 0 Å². The standard InChI is InChI=1S/C18H33NSi/c1-15-9-8-10-16(11-15)12-17(14-20(5,6)7)13-19-18(2,3)4/h8-11,17,19H,12-14H2,1-7H3. The molecule has 1 aromatic carbocycles. The molecule has 1 rings (SSSR count). The molecule has 0 saturated carbocycles. The van der Waals surface area contributed by atoms with Crippen molar-refractivity contribution in [1.82, 2.24) is 5.32 Å². The fourth-order valence-electron chi connectivity index (χ4n) is 2.71. The first kappa shape index (κ1) is 17.4. The molecule has 0 aliphatic carbocycles. The molecule has 1 aromatic rings. The van der Waals surface area contributed by atoms with E-state index < -0.39 is 8.07 Å². The van der Waals surface area contributed by atoms with Gasteiger partial charge in [-0.3, -0.25) is 0 Å². The molecule has 1 unspecified atom stereocenters. The van der Waals surface area contributed by atoms with Crippen LogP contribution >= 0.6 is 0 Å². The van der Waals surface area contributed by atoms with Crippen LogP contribution in [-0.4, -0.2) is 20.2 Å². The van der Waals surface area contributed by atoms with Gasteiger partial charge in [0.1, 0.15) is 0 Å². The smallest absolute Gasteiger partial charge is 0.0446 e. The van der Waals surface area contributed by atoms with Crippen molar-refractivity contribution >= 4 is 8.07 Å². The monoisotopic (exact) mass is 291 g/mol. The molecule has 1 N–H and O–H groups in total. The second-order valence-corrected chi connectivity index (χ2v) is 14.0. The van der Waals surface area contributed by atoms with Gasteiger partial charge >= 0.3 is 0 Å². The van der Waals surface area contributed by atoms with Crippen molar-refractivity contribution in [2.75, 3.05) is 6.54 Å². The Morgan fingerprint density at radius 1 is 1.15 bits per heavy atom. The van der Waals surface area contributed by atoms with Crippen molar-refractivity contribution in [3.8, 4) is 0 Å². The summed E-state index contributed by atoms with van der Waals surface area (Å²) in [5, 5.41) is 3.70. The third-order valence-corrected chi connectivity index (χ3v) is 5.23. The highest BCUT2D eigenvalue weighted by Gasteiger charge is 2.22. The molecule has 0 heterocycles. The summed E-state index contributed by atoms with van der Waals surface area (Å²) in [7, 11) is -1.02. The first-order chi connectivity index (χ1) is 9.05. The summed E-state index contributed by atoms with van der Waals surface area (Å²) in [6, 6.07) is 10.4. The average molecular weight is 292 g/mol. The largest absolute Gasteiger partial charge is 0.312 e. The van der Waals surface area contributed by atoms with Crippen molar-refractivity contribution in [2.45, 2.75) is 65.3 Å². The van der Waals surface area contributed by atoms with Crippen LogP contribution < -0.4 is 5.32 Å². The quantitative estimate of drug-likeness (QED) is 0.737. The zero-order valence-corrected chi connectivity index (χ0v) is 15.5. The van der Waals surface area contributed by atoms with E-state index in [1.165, 1.54) is 23.6 Å². The van der Waals surface area contributed by atoms with Gasteiger partial charge in [0.05, 0.1) is 0 Å². The molecule has 1 nitrogen and oxygen atoms in total. The summed E-state index contributed by atoms with van der Waals surface area (Å²) in [4.78, 5) is 0. The predicted molar refractivity (Wildman–Crippen MR) is 94.3 cm³/mol. The molecule has 0 radical (unpaired) electrons. The lowest BCUT2D eigenvalue weighted by molar-refractivity contribution is 0.380. The molecule has 0 amide bonds. The Kier molecular flexibility index (Phi) is 6.02. The molecule has 1 atom stereocenters. The van der Waals surface area contributed by atoms with Gasteiger partial charge in [0.25, 0.3) is 0 Å². The summed E-state index contributed by atoms with van der Waals surface area (Å²) < 4.78 is 0. The maximum Gasteiger partial charge on any atom is 0.0446 e. The first-order valence-electron chi connectivity index (χ1n) is 7.86. The summed E-state index contributed by atoms with van der Waals surface area (Å²) in [6.07, 6.45) is 1.20. The Bertz CT molecular complexity index is 412. The van der Waals surface area contributed by atoms with Gasteiger partial charge in [-0.25, -0.2) is 0 Å². The maximum absolute atomic E-state index is 3.70. The molecule has 0 aliphatic rings. The van der Waals surface area contributed by atoms with Crippen molar-refractivity contribution in [2.24, 2.45) is 5.92 Å². The minimum atomic E-state index is -1.02. The molecule has 2 heteroatoms. The van der Waals surface area contributed by atoms with E-state index in [0.29, 0.717) is 0 Å². The Balaban J connectivity index is 2.71. The SMILES string of the molecule is Cc1cccc(CC(CNC(C)(C)C)C[Si](C)(C)C)c1. The molecular formula is C18H33NSi. The molecule has 0 spiro atoms. The number of rotatable bonds is 6. The van der Waals surface area contributed by atoms with Crippen LogP contribution in [0.4, 0.5) is 0 Å². The molecule has 114 valence electrons. The van der Waals surface area contributed by atoms with Crippen LogP contribution in [-0.2, 0) is 6.42 Å². The highest BCUT2D eigenvalue weighted by atomic mass is 28.3. The van der Waals surface area contributed by atoms with Crippen molar-refractivity contribution in [3.05, 3.63) is 35.4 Å². The van der Waals surface area contributed by atoms with Crippen molar-refractivity contribution in [1.29, 1.82) is 0 Å². The second-order valence-electron chi connectivity index (χ2n) is 8.45. The van der Waals surface area contributed by atoms with Crippen molar-refractivity contribution < 1.29 is 0 Å². The Morgan fingerprint density at radius 2 is 1.80 bits per heavy atom. The molecule has 0 aliphatic heterocycles. The number of aryl methyl sites for hydroxylation is 1. The van der Waals surface area contributed by atoms with Crippen LogP contribution in [0.3, 0.4) is 0 Å². The van der Waals surface area contributed by atoms with Crippen LogP contribution in [0.1, 0.15) is 31.9 Å². The minimum absolute atomic E-state index is 0.213. The summed E-state index contributed by atoms with van der Waals surface area (Å²) in [5.41, 5.74) is 3.08. The van der Waals surface area contributed by atoms with Gasteiger partial charge < -0.3 is 5.32 Å². The van der Waals surface area contributed by atoms with Crippen LogP contribution in [0, 0.1) is 12.8 Å². The van der Waals surface area contributed by atoms with E-state index in [9.17, 15) is 0 Å². The highest BCUT2D eigenvalue weighted by molar-refractivity contribution is 6.76. The van der Waals surface area contributed by atoms with Gasteiger partial charge in [0.2, 0.25) is 0 Å². The van der Waals surface area contributed by atoms with Gasteiger partial charge in [-0.15, -0.1) is 0 Å². The molecule has 0 aromatic heterocycles. The Hall–Kier alpha value is -0.603. The number of hydrogen-bond donors (Lipinski definition) is 1. The number of nitrogens with one attached hydrogen (secondary N) is 1. The van der Waals surface area contributed by atoms with Crippen LogP contribution in [0.2, 0.25) is 25.7 Å². The zero-order chi connectivity index (χ0) is 15.4. The molecular weight excluding hydrogens is 258 g/mol.